The summed E-state index contributed by atoms with van der Waals surface area (Å²) in [5, 5.41) is 7.01. The number of aromatic nitrogens is 2. The van der Waals surface area contributed by atoms with E-state index in [9.17, 15) is 22.8 Å². The van der Waals surface area contributed by atoms with Gasteiger partial charge in [-0.25, -0.2) is 4.68 Å². The Morgan fingerprint density at radius 3 is 2.60 bits per heavy atom. The number of aryl methyl sites for hydroxylation is 2. The molecule has 0 saturated heterocycles. The molecule has 1 atom stereocenters. The van der Waals surface area contributed by atoms with Crippen molar-refractivity contribution in [3.05, 3.63) is 63.1 Å². The van der Waals surface area contributed by atoms with E-state index >= 15 is 0 Å². The Hall–Kier alpha value is -2.64. The molecule has 1 unspecified atom stereocenters. The van der Waals surface area contributed by atoms with E-state index in [1.54, 1.807) is 7.05 Å². The molecular formula is C17H16F3N3O2. The number of fused-ring (bicyclic) bond motifs is 1. The average Bonchev–Trinajstić information content (AvgIpc) is 2.55. The van der Waals surface area contributed by atoms with E-state index in [1.165, 1.54) is 10.7 Å². The maximum absolute atomic E-state index is 12.6. The van der Waals surface area contributed by atoms with Gasteiger partial charge in [0.25, 0.3) is 11.5 Å². The molecule has 1 N–H and O–H groups in total. The molecule has 1 amide bonds. The van der Waals surface area contributed by atoms with E-state index in [0.717, 1.165) is 35.5 Å². The van der Waals surface area contributed by atoms with Crippen molar-refractivity contribution in [2.75, 3.05) is 0 Å². The second kappa shape index (κ2) is 6.34. The summed E-state index contributed by atoms with van der Waals surface area (Å²) in [7, 11) is 1.58. The summed E-state index contributed by atoms with van der Waals surface area (Å²) in [6, 6.07) is 5.42. The lowest BCUT2D eigenvalue weighted by atomic mass is 9.92. The number of rotatable bonds is 2. The zero-order valence-electron chi connectivity index (χ0n) is 13.4. The molecule has 132 valence electrons. The van der Waals surface area contributed by atoms with Crippen LogP contribution in [0.2, 0.25) is 0 Å². The van der Waals surface area contributed by atoms with Crippen molar-refractivity contribution in [1.29, 1.82) is 0 Å². The van der Waals surface area contributed by atoms with Crippen LogP contribution >= 0.6 is 0 Å². The first kappa shape index (κ1) is 17.2. The van der Waals surface area contributed by atoms with Gasteiger partial charge < -0.3 is 5.32 Å². The third kappa shape index (κ3) is 3.72. The molecule has 2 aromatic rings. The fourth-order valence-electron chi connectivity index (χ4n) is 2.89. The predicted octanol–water partition coefficient (Wildman–Crippen LogP) is 2.09. The summed E-state index contributed by atoms with van der Waals surface area (Å²) in [6.07, 6.45) is -2.67. The molecule has 8 heteroatoms. The number of amides is 1. The number of hydrogen-bond donors (Lipinski definition) is 1. The van der Waals surface area contributed by atoms with Gasteiger partial charge in [0.1, 0.15) is 0 Å². The van der Waals surface area contributed by atoms with Gasteiger partial charge in [-0.15, -0.1) is 0 Å². The molecule has 1 aliphatic rings. The Kier molecular flexibility index (Phi) is 4.36. The lowest BCUT2D eigenvalue weighted by Gasteiger charge is -2.25. The Morgan fingerprint density at radius 1 is 1.28 bits per heavy atom. The van der Waals surface area contributed by atoms with E-state index in [1.807, 2.05) is 0 Å². The molecule has 0 radical (unpaired) electrons. The van der Waals surface area contributed by atoms with Crippen LogP contribution < -0.4 is 10.9 Å². The van der Waals surface area contributed by atoms with Gasteiger partial charge in [0, 0.05) is 24.7 Å². The summed E-state index contributed by atoms with van der Waals surface area (Å²) < 4.78 is 39.0. The Labute approximate surface area is 141 Å². The number of halogens is 3. The second-order valence-corrected chi connectivity index (χ2v) is 6.07. The minimum atomic E-state index is -4.43. The van der Waals surface area contributed by atoms with Gasteiger partial charge in [-0.05, 0) is 49.1 Å². The van der Waals surface area contributed by atoms with Crippen LogP contribution in [0.25, 0.3) is 0 Å². The van der Waals surface area contributed by atoms with E-state index in [0.29, 0.717) is 19.3 Å². The van der Waals surface area contributed by atoms with Crippen LogP contribution in [-0.2, 0) is 26.1 Å². The van der Waals surface area contributed by atoms with Gasteiger partial charge in [0.15, 0.2) is 0 Å². The van der Waals surface area contributed by atoms with Crippen molar-refractivity contribution in [3.8, 4) is 0 Å². The van der Waals surface area contributed by atoms with Crippen molar-refractivity contribution in [2.45, 2.75) is 31.5 Å². The lowest BCUT2D eigenvalue weighted by Crippen LogP contribution is -2.40. The molecule has 0 bridgehead atoms. The number of nitrogens with zero attached hydrogens (tertiary/aromatic N) is 2. The molecule has 25 heavy (non-hydrogen) atoms. The summed E-state index contributed by atoms with van der Waals surface area (Å²) in [6.45, 7) is 0. The molecule has 1 aromatic carbocycles. The van der Waals surface area contributed by atoms with Crippen LogP contribution in [0.3, 0.4) is 0 Å². The van der Waals surface area contributed by atoms with Crippen LogP contribution in [0.5, 0.6) is 0 Å². The molecule has 1 aliphatic carbocycles. The van der Waals surface area contributed by atoms with E-state index in [-0.39, 0.29) is 17.2 Å². The zero-order valence-corrected chi connectivity index (χ0v) is 13.4. The summed E-state index contributed by atoms with van der Waals surface area (Å²) >= 11 is 0. The minimum absolute atomic E-state index is 0.167. The SMILES string of the molecule is Cn1nc2c(cc1=O)CC(NC(=O)c1ccc(C(F)(F)F)cc1)CC2. The Bertz CT molecular complexity index is 857. The fraction of sp³-hybridized carbons (Fsp3) is 0.353. The van der Waals surface area contributed by atoms with Crippen LogP contribution in [0.4, 0.5) is 13.2 Å². The molecular weight excluding hydrogens is 335 g/mol. The largest absolute Gasteiger partial charge is 0.416 e. The highest BCUT2D eigenvalue weighted by molar-refractivity contribution is 5.94. The first-order valence-electron chi connectivity index (χ1n) is 7.78. The first-order valence-corrected chi connectivity index (χ1v) is 7.78. The van der Waals surface area contributed by atoms with Crippen LogP contribution in [0, 0.1) is 0 Å². The molecule has 5 nitrogen and oxygen atoms in total. The fourth-order valence-corrected chi connectivity index (χ4v) is 2.89. The summed E-state index contributed by atoms with van der Waals surface area (Å²) in [4.78, 5) is 23.9. The number of carbonyl (C=O) groups is 1. The van der Waals surface area contributed by atoms with Gasteiger partial charge in [-0.2, -0.15) is 18.3 Å². The third-order valence-corrected chi connectivity index (χ3v) is 4.26. The zero-order chi connectivity index (χ0) is 18.2. The van der Waals surface area contributed by atoms with Gasteiger partial charge in [-0.1, -0.05) is 0 Å². The molecule has 0 saturated carbocycles. The predicted molar refractivity (Wildman–Crippen MR) is 84.2 cm³/mol. The van der Waals surface area contributed by atoms with Crippen molar-refractivity contribution in [3.63, 3.8) is 0 Å². The molecule has 0 fully saturated rings. The highest BCUT2D eigenvalue weighted by Gasteiger charge is 2.30. The number of nitrogens with one attached hydrogen (secondary N) is 1. The second-order valence-electron chi connectivity index (χ2n) is 6.07. The molecule has 1 aromatic heterocycles. The van der Waals surface area contributed by atoms with Gasteiger partial charge >= 0.3 is 6.18 Å². The van der Waals surface area contributed by atoms with E-state index in [4.69, 9.17) is 0 Å². The van der Waals surface area contributed by atoms with Crippen LogP contribution in [0.15, 0.2) is 35.1 Å². The highest BCUT2D eigenvalue weighted by Crippen LogP contribution is 2.29. The monoisotopic (exact) mass is 351 g/mol. The number of benzene rings is 1. The first-order chi connectivity index (χ1) is 11.7. The quantitative estimate of drug-likeness (QED) is 0.901. The van der Waals surface area contributed by atoms with Gasteiger partial charge in [-0.3, -0.25) is 9.59 Å². The standard InChI is InChI=1S/C17H16F3N3O2/c1-23-15(24)9-11-8-13(6-7-14(11)22-23)21-16(25)10-2-4-12(5-3-10)17(18,19)20/h2-5,9,13H,6-8H2,1H3,(H,21,25). The molecule has 0 aliphatic heterocycles. The van der Waals surface area contributed by atoms with Crippen molar-refractivity contribution in [1.82, 2.24) is 15.1 Å². The van der Waals surface area contributed by atoms with Crippen molar-refractivity contribution >= 4 is 5.91 Å². The highest BCUT2D eigenvalue weighted by atomic mass is 19.4. The summed E-state index contributed by atoms with van der Waals surface area (Å²) in [5.41, 5.74) is 0.793. The average molecular weight is 351 g/mol. The smallest absolute Gasteiger partial charge is 0.349 e. The van der Waals surface area contributed by atoms with E-state index < -0.39 is 17.6 Å². The van der Waals surface area contributed by atoms with Crippen LogP contribution in [-0.4, -0.2) is 21.7 Å². The van der Waals surface area contributed by atoms with Gasteiger partial charge in [0.05, 0.1) is 11.3 Å². The minimum Gasteiger partial charge on any atom is -0.349 e. The topological polar surface area (TPSA) is 64.0 Å². The maximum atomic E-state index is 12.6. The normalized spacial score (nSPS) is 17.0. The van der Waals surface area contributed by atoms with Crippen molar-refractivity contribution < 1.29 is 18.0 Å². The van der Waals surface area contributed by atoms with Crippen LogP contribution in [0.1, 0.15) is 33.6 Å². The van der Waals surface area contributed by atoms with E-state index in [2.05, 4.69) is 10.4 Å². The Morgan fingerprint density at radius 2 is 1.96 bits per heavy atom. The molecule has 1 heterocycles. The third-order valence-electron chi connectivity index (χ3n) is 4.26. The summed E-state index contributed by atoms with van der Waals surface area (Å²) in [5.74, 6) is -0.432. The number of hydrogen-bond acceptors (Lipinski definition) is 3. The molecule has 0 spiro atoms. The number of carbonyl (C=O) groups excluding carboxylic acids is 1. The number of alkyl halides is 3. The van der Waals surface area contributed by atoms with Crippen molar-refractivity contribution in [2.24, 2.45) is 7.05 Å². The lowest BCUT2D eigenvalue weighted by molar-refractivity contribution is -0.137. The molecule has 3 rings (SSSR count). The maximum Gasteiger partial charge on any atom is 0.416 e. The Balaban J connectivity index is 1.69. The van der Waals surface area contributed by atoms with Gasteiger partial charge in [0.2, 0.25) is 0 Å².